The molecule has 2 aromatic heterocycles. The van der Waals surface area contributed by atoms with Crippen LogP contribution in [0.4, 0.5) is 5.88 Å². The monoisotopic (exact) mass is 368 g/mol. The lowest BCUT2D eigenvalue weighted by molar-refractivity contribution is 0.241. The maximum absolute atomic E-state index is 13.0. The van der Waals surface area contributed by atoms with Crippen LogP contribution < -0.4 is 11.2 Å². The highest BCUT2D eigenvalue weighted by Gasteiger charge is 2.21. The molecule has 0 radical (unpaired) electrons. The number of fused-ring (bicyclic) bond motifs is 2. The fraction of sp³-hybridized carbons (Fsp3) is 0.316. The number of H-pyrrole nitrogens is 1. The minimum Gasteiger partial charge on any atom is -0.440 e. The molecule has 1 aliphatic heterocycles. The number of rotatable bonds is 2. The molecule has 3 N–H and O–H groups in total. The van der Waals surface area contributed by atoms with E-state index in [0.717, 1.165) is 35.3 Å². The number of nitrogens with one attached hydrogen (secondary N) is 1. The smallest absolute Gasteiger partial charge is 0.199 e. The summed E-state index contributed by atoms with van der Waals surface area (Å²) in [5, 5.41) is 0.584. The van der Waals surface area contributed by atoms with E-state index in [9.17, 15) is 4.79 Å². The van der Waals surface area contributed by atoms with Crippen LogP contribution in [0.2, 0.25) is 0 Å². The second kappa shape index (κ2) is 6.34. The number of aromatic amines is 1. The van der Waals surface area contributed by atoms with Crippen LogP contribution in [-0.4, -0.2) is 21.4 Å². The molecule has 26 heavy (non-hydrogen) atoms. The van der Waals surface area contributed by atoms with Gasteiger partial charge in [0.25, 0.3) is 0 Å². The van der Waals surface area contributed by atoms with Crippen LogP contribution in [-0.2, 0) is 19.5 Å². The van der Waals surface area contributed by atoms with Gasteiger partial charge in [-0.05, 0) is 49.3 Å². The van der Waals surface area contributed by atoms with Crippen LogP contribution in [0.3, 0.4) is 0 Å². The summed E-state index contributed by atoms with van der Waals surface area (Å²) in [6.45, 7) is 5.93. The summed E-state index contributed by atoms with van der Waals surface area (Å²) in [6, 6.07) is 3.76. The second-order valence-corrected chi connectivity index (χ2v) is 7.25. The van der Waals surface area contributed by atoms with Crippen molar-refractivity contribution in [2.75, 3.05) is 12.3 Å². The van der Waals surface area contributed by atoms with Crippen LogP contribution in [0.1, 0.15) is 27.9 Å². The first kappa shape index (κ1) is 16.9. The summed E-state index contributed by atoms with van der Waals surface area (Å²) in [4.78, 5) is 22.5. The molecule has 1 aliphatic rings. The molecule has 0 fully saturated rings. The average molecular weight is 368 g/mol. The van der Waals surface area contributed by atoms with Gasteiger partial charge in [-0.15, -0.1) is 0 Å². The van der Waals surface area contributed by atoms with E-state index in [4.69, 9.17) is 22.4 Å². The largest absolute Gasteiger partial charge is 0.440 e. The first-order valence-electron chi connectivity index (χ1n) is 8.54. The zero-order chi connectivity index (χ0) is 18.4. The van der Waals surface area contributed by atoms with Crippen molar-refractivity contribution in [1.29, 1.82) is 0 Å². The molecule has 3 aromatic rings. The zero-order valence-corrected chi connectivity index (χ0v) is 15.6. The molecule has 3 heterocycles. The van der Waals surface area contributed by atoms with E-state index in [1.54, 1.807) is 6.20 Å². The highest BCUT2D eigenvalue weighted by molar-refractivity contribution is 7.71. The standard InChI is InChI=1S/C19H20N4O2S/c1-10-5-13-16(6-11(10)2)25-18(20)14(17(13)24)9-23-4-3-15-12(8-23)7-21-19(26)22-15/h5-7H,3-4,8-9,20H2,1-2H3,(H,21,22,26). The van der Waals surface area contributed by atoms with Crippen molar-refractivity contribution in [3.05, 3.63) is 61.3 Å². The summed E-state index contributed by atoms with van der Waals surface area (Å²) >= 11 is 5.08. The first-order valence-corrected chi connectivity index (χ1v) is 8.95. The highest BCUT2D eigenvalue weighted by Crippen LogP contribution is 2.24. The van der Waals surface area contributed by atoms with E-state index in [1.807, 2.05) is 26.0 Å². The number of aromatic nitrogens is 2. The Morgan fingerprint density at radius 3 is 2.92 bits per heavy atom. The fourth-order valence-corrected chi connectivity index (χ4v) is 3.60. The van der Waals surface area contributed by atoms with Gasteiger partial charge in [-0.25, -0.2) is 4.98 Å². The normalized spacial score (nSPS) is 14.5. The van der Waals surface area contributed by atoms with Gasteiger partial charge in [-0.1, -0.05) is 0 Å². The van der Waals surface area contributed by atoms with E-state index in [2.05, 4.69) is 14.9 Å². The second-order valence-electron chi connectivity index (χ2n) is 6.86. The van der Waals surface area contributed by atoms with Crippen LogP contribution >= 0.6 is 12.2 Å². The third-order valence-electron chi connectivity index (χ3n) is 5.07. The molecule has 0 atom stereocenters. The van der Waals surface area contributed by atoms with Crippen molar-refractivity contribution in [3.63, 3.8) is 0 Å². The van der Waals surface area contributed by atoms with E-state index < -0.39 is 0 Å². The van der Waals surface area contributed by atoms with Gasteiger partial charge in [0.2, 0.25) is 0 Å². The summed E-state index contributed by atoms with van der Waals surface area (Å²) < 4.78 is 6.26. The number of aryl methyl sites for hydroxylation is 2. The Kier molecular flexibility index (Phi) is 4.13. The lowest BCUT2D eigenvalue weighted by Gasteiger charge is -2.28. The topological polar surface area (TPSA) is 88.2 Å². The number of anilines is 1. The number of nitrogen functional groups attached to an aromatic ring is 1. The lowest BCUT2D eigenvalue weighted by atomic mass is 10.0. The average Bonchev–Trinajstić information content (AvgIpc) is 2.61. The summed E-state index contributed by atoms with van der Waals surface area (Å²) in [5.41, 5.74) is 11.4. The number of hydrogen-bond acceptors (Lipinski definition) is 6. The summed E-state index contributed by atoms with van der Waals surface area (Å²) in [5.74, 6) is 0.196. The molecular formula is C19H20N4O2S. The van der Waals surface area contributed by atoms with Crippen molar-refractivity contribution in [2.45, 2.75) is 33.4 Å². The molecule has 6 nitrogen and oxygen atoms in total. The number of hydrogen-bond donors (Lipinski definition) is 2. The Balaban J connectivity index is 1.69. The van der Waals surface area contributed by atoms with Gasteiger partial charge in [-0.2, -0.15) is 0 Å². The molecule has 7 heteroatoms. The maximum Gasteiger partial charge on any atom is 0.199 e. The minimum absolute atomic E-state index is 0.0526. The van der Waals surface area contributed by atoms with E-state index in [0.29, 0.717) is 34.4 Å². The molecule has 1 aromatic carbocycles. The molecule has 0 bridgehead atoms. The minimum atomic E-state index is -0.0526. The van der Waals surface area contributed by atoms with Crippen molar-refractivity contribution in [1.82, 2.24) is 14.9 Å². The quantitative estimate of drug-likeness (QED) is 0.676. The maximum atomic E-state index is 13.0. The van der Waals surface area contributed by atoms with Gasteiger partial charge in [0, 0.05) is 43.5 Å². The van der Waals surface area contributed by atoms with Gasteiger partial charge in [0.1, 0.15) is 5.58 Å². The number of benzene rings is 1. The molecule has 0 saturated carbocycles. The molecule has 0 amide bonds. The molecule has 4 rings (SSSR count). The molecule has 0 saturated heterocycles. The Morgan fingerprint density at radius 2 is 2.12 bits per heavy atom. The van der Waals surface area contributed by atoms with Crippen molar-refractivity contribution >= 4 is 29.1 Å². The third kappa shape index (κ3) is 2.93. The SMILES string of the molecule is Cc1cc2oc(N)c(CN3CCc4[nH]c(=S)ncc4C3)c(=O)c2cc1C. The Bertz CT molecular complexity index is 1130. The van der Waals surface area contributed by atoms with Crippen LogP contribution in [0.5, 0.6) is 0 Å². The highest BCUT2D eigenvalue weighted by atomic mass is 32.1. The van der Waals surface area contributed by atoms with Gasteiger partial charge < -0.3 is 15.1 Å². The molecule has 0 aliphatic carbocycles. The van der Waals surface area contributed by atoms with Gasteiger partial charge in [0.15, 0.2) is 16.1 Å². The Labute approximate surface area is 155 Å². The van der Waals surface area contributed by atoms with Crippen molar-refractivity contribution < 1.29 is 4.42 Å². The lowest BCUT2D eigenvalue weighted by Crippen LogP contribution is -2.33. The van der Waals surface area contributed by atoms with E-state index in [-0.39, 0.29) is 11.3 Å². The van der Waals surface area contributed by atoms with Crippen molar-refractivity contribution in [3.8, 4) is 0 Å². The fourth-order valence-electron chi connectivity index (χ4n) is 3.42. The summed E-state index contributed by atoms with van der Waals surface area (Å²) in [7, 11) is 0. The molecule has 0 unspecified atom stereocenters. The predicted octanol–water partition coefficient (Wildman–Crippen LogP) is 3.00. The number of nitrogens with two attached hydrogens (primary N) is 1. The Hall–Kier alpha value is -2.51. The third-order valence-corrected chi connectivity index (χ3v) is 5.28. The zero-order valence-electron chi connectivity index (χ0n) is 14.8. The van der Waals surface area contributed by atoms with E-state index in [1.165, 1.54) is 0 Å². The predicted molar refractivity (Wildman–Crippen MR) is 104 cm³/mol. The van der Waals surface area contributed by atoms with Crippen LogP contribution in [0.15, 0.2) is 27.5 Å². The first-order chi connectivity index (χ1) is 12.4. The summed E-state index contributed by atoms with van der Waals surface area (Å²) in [6.07, 6.45) is 2.64. The van der Waals surface area contributed by atoms with Gasteiger partial charge >= 0.3 is 0 Å². The van der Waals surface area contributed by atoms with Gasteiger partial charge in [-0.3, -0.25) is 9.69 Å². The van der Waals surface area contributed by atoms with Crippen LogP contribution in [0.25, 0.3) is 11.0 Å². The molecule has 134 valence electrons. The van der Waals surface area contributed by atoms with Crippen molar-refractivity contribution in [2.24, 2.45) is 0 Å². The van der Waals surface area contributed by atoms with E-state index >= 15 is 0 Å². The van der Waals surface area contributed by atoms with Crippen LogP contribution in [0, 0.1) is 18.6 Å². The molecule has 0 spiro atoms. The Morgan fingerprint density at radius 1 is 1.35 bits per heavy atom. The van der Waals surface area contributed by atoms with Gasteiger partial charge in [0.05, 0.1) is 10.9 Å². The molecular weight excluding hydrogens is 348 g/mol. The number of nitrogens with zero attached hydrogens (tertiary/aromatic N) is 2.